The molecule has 0 radical (unpaired) electrons. The number of nitrogens with zero attached hydrogens (tertiary/aromatic N) is 1. The largest absolute Gasteiger partial charge is 0.352 e. The van der Waals surface area contributed by atoms with Crippen LogP contribution in [0.1, 0.15) is 30.5 Å². The third-order valence-electron chi connectivity index (χ3n) is 4.11. The van der Waals surface area contributed by atoms with Gasteiger partial charge in [-0.1, -0.05) is 38.1 Å². The summed E-state index contributed by atoms with van der Waals surface area (Å²) in [6, 6.07) is 12.7. The van der Waals surface area contributed by atoms with Gasteiger partial charge in [0.2, 0.25) is 5.91 Å². The molecule has 0 aliphatic carbocycles. The zero-order valence-corrected chi connectivity index (χ0v) is 16.3. The lowest BCUT2D eigenvalue weighted by atomic mass is 10.1. The molecule has 144 valence electrons. The molecule has 5 nitrogen and oxygen atoms in total. The van der Waals surface area contributed by atoms with Gasteiger partial charge in [0.15, 0.2) is 5.96 Å². The van der Waals surface area contributed by atoms with E-state index in [0.29, 0.717) is 24.6 Å². The minimum absolute atomic E-state index is 0.00140. The number of carbonyl (C=O) groups is 1. The number of nitrogens with one attached hydrogen (secondary N) is 3. The van der Waals surface area contributed by atoms with Crippen molar-refractivity contribution in [2.24, 2.45) is 10.9 Å². The highest BCUT2D eigenvalue weighted by Gasteiger charge is 2.07. The van der Waals surface area contributed by atoms with Gasteiger partial charge in [-0.3, -0.25) is 9.79 Å². The molecular weight excluding hydrogens is 343 g/mol. The number of benzene rings is 2. The van der Waals surface area contributed by atoms with Crippen molar-refractivity contribution < 1.29 is 9.18 Å². The SMILES string of the molecule is CN=C(NCc1ccc(NC(=O)C(C)C)cc1)NCc1ccc(F)c(C)c1. The molecular formula is C21H27FN4O. The molecule has 0 atom stereocenters. The Bertz CT molecular complexity index is 800. The number of carbonyl (C=O) groups excluding carboxylic acids is 1. The molecule has 27 heavy (non-hydrogen) atoms. The van der Waals surface area contributed by atoms with E-state index in [-0.39, 0.29) is 17.6 Å². The Morgan fingerprint density at radius 2 is 1.63 bits per heavy atom. The topological polar surface area (TPSA) is 65.5 Å². The second-order valence-corrected chi connectivity index (χ2v) is 6.70. The Kier molecular flexibility index (Phi) is 7.34. The first-order valence-corrected chi connectivity index (χ1v) is 8.98. The van der Waals surface area contributed by atoms with Crippen LogP contribution in [0.2, 0.25) is 0 Å². The Morgan fingerprint density at radius 3 is 2.19 bits per heavy atom. The summed E-state index contributed by atoms with van der Waals surface area (Å²) in [5.74, 6) is 0.413. The van der Waals surface area contributed by atoms with E-state index >= 15 is 0 Å². The Labute approximate surface area is 160 Å². The highest BCUT2D eigenvalue weighted by Crippen LogP contribution is 2.11. The van der Waals surface area contributed by atoms with Gasteiger partial charge >= 0.3 is 0 Å². The molecule has 0 aliphatic heterocycles. The van der Waals surface area contributed by atoms with Crippen molar-refractivity contribution in [2.45, 2.75) is 33.9 Å². The van der Waals surface area contributed by atoms with Crippen molar-refractivity contribution in [3.8, 4) is 0 Å². The summed E-state index contributed by atoms with van der Waals surface area (Å²) >= 11 is 0. The first kappa shape index (κ1) is 20.4. The number of anilines is 1. The monoisotopic (exact) mass is 370 g/mol. The quantitative estimate of drug-likeness (QED) is 0.538. The summed E-state index contributed by atoms with van der Waals surface area (Å²) in [6.07, 6.45) is 0. The first-order chi connectivity index (χ1) is 12.9. The minimum Gasteiger partial charge on any atom is -0.352 e. The molecule has 0 aromatic heterocycles. The van der Waals surface area contributed by atoms with Crippen LogP contribution in [0.3, 0.4) is 0 Å². The number of hydrogen-bond donors (Lipinski definition) is 3. The van der Waals surface area contributed by atoms with Gasteiger partial charge in [-0.15, -0.1) is 0 Å². The molecule has 0 heterocycles. The van der Waals surface area contributed by atoms with Crippen molar-refractivity contribution in [1.29, 1.82) is 0 Å². The molecule has 0 fully saturated rings. The molecule has 6 heteroatoms. The lowest BCUT2D eigenvalue weighted by Gasteiger charge is -2.13. The van der Waals surface area contributed by atoms with Gasteiger partial charge in [0.05, 0.1) is 0 Å². The Balaban J connectivity index is 1.84. The highest BCUT2D eigenvalue weighted by atomic mass is 19.1. The highest BCUT2D eigenvalue weighted by molar-refractivity contribution is 5.92. The van der Waals surface area contributed by atoms with Crippen molar-refractivity contribution in [2.75, 3.05) is 12.4 Å². The fourth-order valence-corrected chi connectivity index (χ4v) is 2.40. The smallest absolute Gasteiger partial charge is 0.226 e. The molecule has 0 bridgehead atoms. The third kappa shape index (κ3) is 6.40. The van der Waals surface area contributed by atoms with E-state index in [1.54, 1.807) is 20.0 Å². The predicted molar refractivity (Wildman–Crippen MR) is 108 cm³/mol. The van der Waals surface area contributed by atoms with Crippen LogP contribution in [0, 0.1) is 18.7 Å². The molecule has 2 rings (SSSR count). The van der Waals surface area contributed by atoms with Gasteiger partial charge in [-0.05, 0) is 41.8 Å². The number of rotatable bonds is 6. The van der Waals surface area contributed by atoms with Crippen molar-refractivity contribution in [3.63, 3.8) is 0 Å². The number of halogens is 1. The van der Waals surface area contributed by atoms with Crippen molar-refractivity contribution in [1.82, 2.24) is 10.6 Å². The summed E-state index contributed by atoms with van der Waals surface area (Å²) in [6.45, 7) is 6.62. The van der Waals surface area contributed by atoms with Gasteiger partial charge in [0, 0.05) is 31.7 Å². The first-order valence-electron chi connectivity index (χ1n) is 8.98. The number of amides is 1. The van der Waals surface area contributed by atoms with Crippen LogP contribution in [0.5, 0.6) is 0 Å². The number of hydrogen-bond acceptors (Lipinski definition) is 2. The fraction of sp³-hybridized carbons (Fsp3) is 0.333. The van der Waals surface area contributed by atoms with Crippen LogP contribution in [0.25, 0.3) is 0 Å². The summed E-state index contributed by atoms with van der Waals surface area (Å²) in [4.78, 5) is 15.9. The minimum atomic E-state index is -0.200. The Hall–Kier alpha value is -2.89. The molecule has 0 aliphatic rings. The summed E-state index contributed by atoms with van der Waals surface area (Å²) < 4.78 is 13.3. The molecule has 2 aromatic rings. The number of aliphatic imine (C=N–C) groups is 1. The van der Waals surface area contributed by atoms with Crippen molar-refractivity contribution >= 4 is 17.6 Å². The van der Waals surface area contributed by atoms with Crippen LogP contribution < -0.4 is 16.0 Å². The predicted octanol–water partition coefficient (Wildman–Crippen LogP) is 3.59. The average molecular weight is 370 g/mol. The molecule has 0 saturated carbocycles. The van der Waals surface area contributed by atoms with E-state index < -0.39 is 0 Å². The normalized spacial score (nSPS) is 11.4. The standard InChI is InChI=1S/C21H27FN4O/c1-14(2)20(27)26-18-8-5-16(6-9-18)12-24-21(23-4)25-13-17-7-10-19(22)15(3)11-17/h5-11,14H,12-13H2,1-4H3,(H,26,27)(H2,23,24,25). The third-order valence-corrected chi connectivity index (χ3v) is 4.11. The zero-order chi connectivity index (χ0) is 19.8. The molecule has 0 saturated heterocycles. The van der Waals surface area contributed by atoms with Gasteiger partial charge in [-0.25, -0.2) is 4.39 Å². The van der Waals surface area contributed by atoms with E-state index in [1.165, 1.54) is 6.07 Å². The van der Waals surface area contributed by atoms with E-state index in [0.717, 1.165) is 16.8 Å². The number of aryl methyl sites for hydroxylation is 1. The molecule has 2 aromatic carbocycles. The second-order valence-electron chi connectivity index (χ2n) is 6.70. The molecule has 0 spiro atoms. The lowest BCUT2D eigenvalue weighted by Crippen LogP contribution is -2.36. The Morgan fingerprint density at radius 1 is 1.04 bits per heavy atom. The van der Waals surface area contributed by atoms with Crippen LogP contribution >= 0.6 is 0 Å². The molecule has 3 N–H and O–H groups in total. The average Bonchev–Trinajstić information content (AvgIpc) is 2.65. The van der Waals surface area contributed by atoms with Crippen LogP contribution in [-0.2, 0) is 17.9 Å². The molecule has 0 unspecified atom stereocenters. The van der Waals surface area contributed by atoms with E-state index in [1.807, 2.05) is 44.2 Å². The summed E-state index contributed by atoms with van der Waals surface area (Å²) in [5.41, 5.74) is 3.47. The second kappa shape index (κ2) is 9.71. The van der Waals surface area contributed by atoms with Crippen molar-refractivity contribution in [3.05, 3.63) is 65.0 Å². The fourth-order valence-electron chi connectivity index (χ4n) is 2.40. The van der Waals surface area contributed by atoms with Crippen LogP contribution in [-0.4, -0.2) is 18.9 Å². The van der Waals surface area contributed by atoms with Gasteiger partial charge in [0.1, 0.15) is 5.82 Å². The van der Waals surface area contributed by atoms with Gasteiger partial charge in [0.25, 0.3) is 0 Å². The molecule has 1 amide bonds. The summed E-state index contributed by atoms with van der Waals surface area (Å²) in [7, 11) is 1.70. The summed E-state index contributed by atoms with van der Waals surface area (Å²) in [5, 5.41) is 9.32. The number of guanidine groups is 1. The van der Waals surface area contributed by atoms with Gasteiger partial charge in [-0.2, -0.15) is 0 Å². The van der Waals surface area contributed by atoms with Crippen LogP contribution in [0.15, 0.2) is 47.5 Å². The zero-order valence-electron chi connectivity index (χ0n) is 16.3. The van der Waals surface area contributed by atoms with Gasteiger partial charge < -0.3 is 16.0 Å². The maximum Gasteiger partial charge on any atom is 0.226 e. The lowest BCUT2D eigenvalue weighted by molar-refractivity contribution is -0.118. The van der Waals surface area contributed by atoms with Crippen LogP contribution in [0.4, 0.5) is 10.1 Å². The van der Waals surface area contributed by atoms with E-state index in [4.69, 9.17) is 0 Å². The van der Waals surface area contributed by atoms with E-state index in [9.17, 15) is 9.18 Å². The maximum atomic E-state index is 13.3. The van der Waals surface area contributed by atoms with E-state index in [2.05, 4.69) is 20.9 Å². The maximum absolute atomic E-state index is 13.3.